The predicted molar refractivity (Wildman–Crippen MR) is 86.8 cm³/mol. The van der Waals surface area contributed by atoms with Crippen LogP contribution in [0.3, 0.4) is 0 Å². The fraction of sp³-hybridized carbons (Fsp3) is 0.923. The van der Waals surface area contributed by atoms with Crippen LogP contribution in [0.15, 0.2) is 0 Å². The lowest BCUT2D eigenvalue weighted by Crippen LogP contribution is -2.45. The summed E-state index contributed by atoms with van der Waals surface area (Å²) in [7, 11) is 2.49. The van der Waals surface area contributed by atoms with Crippen molar-refractivity contribution in [3.8, 4) is 0 Å². The van der Waals surface area contributed by atoms with Gasteiger partial charge in [-0.25, -0.2) is 0 Å². The first-order valence-corrected chi connectivity index (χ1v) is 9.69. The molecule has 2 N–H and O–H groups in total. The number of hydrogen-bond donors (Lipinski definition) is 2. The van der Waals surface area contributed by atoms with Crippen LogP contribution in [-0.4, -0.2) is 47.8 Å². The van der Waals surface area contributed by atoms with Gasteiger partial charge in [-0.15, -0.1) is 0 Å². The summed E-state index contributed by atoms with van der Waals surface area (Å²) >= 11 is 5.32. The molecule has 0 aromatic carbocycles. The first-order valence-electron chi connectivity index (χ1n) is 7.35. The largest absolute Gasteiger partial charge is 0.500 e. The normalized spacial score (nSPS) is 16.9. The molecule has 0 aliphatic heterocycles. The summed E-state index contributed by atoms with van der Waals surface area (Å²) in [6, 6.07) is 1.34. The molecule has 0 amide bonds. The molecular weight excluding hydrogens is 292 g/mol. The van der Waals surface area contributed by atoms with Crippen LogP contribution in [-0.2, 0) is 13.3 Å². The van der Waals surface area contributed by atoms with Crippen LogP contribution in [0, 0.1) is 0 Å². The molecule has 0 aromatic heterocycles. The van der Waals surface area contributed by atoms with E-state index in [0.29, 0.717) is 6.04 Å². The quantitative estimate of drug-likeness (QED) is 0.406. The Morgan fingerprint density at radius 1 is 1.10 bits per heavy atom. The van der Waals surface area contributed by atoms with Crippen LogP contribution in [0.5, 0.6) is 0 Å². The molecule has 118 valence electrons. The highest BCUT2D eigenvalue weighted by Crippen LogP contribution is 2.17. The van der Waals surface area contributed by atoms with Gasteiger partial charge in [0, 0.05) is 40.0 Å². The molecule has 0 radical (unpaired) electrons. The molecule has 1 rings (SSSR count). The van der Waals surface area contributed by atoms with Gasteiger partial charge >= 0.3 is 8.80 Å². The highest BCUT2D eigenvalue weighted by atomic mass is 32.1. The van der Waals surface area contributed by atoms with E-state index < -0.39 is 8.80 Å². The van der Waals surface area contributed by atoms with E-state index in [4.69, 9.17) is 25.5 Å². The van der Waals surface area contributed by atoms with Crippen molar-refractivity contribution in [2.45, 2.75) is 50.6 Å². The van der Waals surface area contributed by atoms with Gasteiger partial charge in [0.25, 0.3) is 0 Å². The van der Waals surface area contributed by atoms with Crippen LogP contribution >= 0.6 is 12.2 Å². The summed E-state index contributed by atoms with van der Waals surface area (Å²) in [5.41, 5.74) is 0. The van der Waals surface area contributed by atoms with Gasteiger partial charge in [0.1, 0.15) is 0 Å². The molecule has 0 atom stereocenters. The van der Waals surface area contributed by atoms with Gasteiger partial charge in [-0.05, 0) is 31.5 Å². The maximum Gasteiger partial charge on any atom is 0.500 e. The number of rotatable bonds is 8. The van der Waals surface area contributed by atoms with E-state index in [0.717, 1.165) is 24.1 Å². The number of thiocarbonyl (C=S) groups is 1. The van der Waals surface area contributed by atoms with E-state index in [2.05, 4.69) is 10.6 Å². The van der Waals surface area contributed by atoms with Gasteiger partial charge < -0.3 is 23.9 Å². The van der Waals surface area contributed by atoms with E-state index >= 15 is 0 Å². The van der Waals surface area contributed by atoms with Gasteiger partial charge in [-0.2, -0.15) is 0 Å². The highest BCUT2D eigenvalue weighted by Gasteiger charge is 2.36. The van der Waals surface area contributed by atoms with Crippen molar-refractivity contribution in [3.05, 3.63) is 0 Å². The van der Waals surface area contributed by atoms with Crippen LogP contribution in [0.2, 0.25) is 6.04 Å². The third-order valence-electron chi connectivity index (χ3n) is 3.82. The average molecular weight is 321 g/mol. The predicted octanol–water partition coefficient (Wildman–Crippen LogP) is 2.05. The van der Waals surface area contributed by atoms with Crippen molar-refractivity contribution in [2.75, 3.05) is 27.9 Å². The number of nitrogens with one attached hydrogen (secondary N) is 2. The van der Waals surface area contributed by atoms with E-state index in [1.807, 2.05) is 0 Å². The van der Waals surface area contributed by atoms with Gasteiger partial charge in [-0.1, -0.05) is 19.3 Å². The van der Waals surface area contributed by atoms with Gasteiger partial charge in [0.15, 0.2) is 5.11 Å². The van der Waals surface area contributed by atoms with Crippen molar-refractivity contribution in [2.24, 2.45) is 0 Å². The summed E-state index contributed by atoms with van der Waals surface area (Å²) in [4.78, 5) is 0. The Labute approximate surface area is 129 Å². The molecule has 1 aliphatic rings. The summed E-state index contributed by atoms with van der Waals surface area (Å²) < 4.78 is 16.1. The second kappa shape index (κ2) is 9.67. The minimum atomic E-state index is -2.44. The molecule has 1 aliphatic carbocycles. The van der Waals surface area contributed by atoms with E-state index in [-0.39, 0.29) is 0 Å². The van der Waals surface area contributed by atoms with E-state index in [1.54, 1.807) is 21.3 Å². The monoisotopic (exact) mass is 320 g/mol. The molecule has 0 spiro atoms. The van der Waals surface area contributed by atoms with Crippen molar-refractivity contribution >= 4 is 26.1 Å². The second-order valence-electron chi connectivity index (χ2n) is 5.13. The Balaban J connectivity index is 2.15. The maximum absolute atomic E-state index is 5.38. The van der Waals surface area contributed by atoms with E-state index in [1.165, 1.54) is 32.1 Å². The second-order valence-corrected chi connectivity index (χ2v) is 8.63. The zero-order valence-electron chi connectivity index (χ0n) is 12.9. The van der Waals surface area contributed by atoms with Gasteiger partial charge in [0.05, 0.1) is 0 Å². The molecule has 7 heteroatoms. The lowest BCUT2D eigenvalue weighted by atomic mass is 9.96. The fourth-order valence-electron chi connectivity index (χ4n) is 2.55. The zero-order chi connectivity index (χ0) is 14.8. The molecule has 20 heavy (non-hydrogen) atoms. The average Bonchev–Trinajstić information content (AvgIpc) is 2.49. The van der Waals surface area contributed by atoms with Gasteiger partial charge in [0.2, 0.25) is 0 Å². The standard InChI is InChI=1S/C13H28N2O3SSi/c1-16-20(17-2,18-3)11-7-10-14-13(19)15-12-8-5-4-6-9-12/h12H,4-11H2,1-3H3,(H2,14,15,19). The number of hydrogen-bond acceptors (Lipinski definition) is 4. The molecule has 1 saturated carbocycles. The van der Waals surface area contributed by atoms with Crippen molar-refractivity contribution < 1.29 is 13.3 Å². The lowest BCUT2D eigenvalue weighted by Gasteiger charge is -2.25. The van der Waals surface area contributed by atoms with Crippen molar-refractivity contribution in [3.63, 3.8) is 0 Å². The van der Waals surface area contributed by atoms with Crippen LogP contribution in [0.1, 0.15) is 38.5 Å². The SMILES string of the molecule is CO[Si](CCCNC(=S)NC1CCCCC1)(OC)OC. The molecular formula is C13H28N2O3SSi. The fourth-order valence-corrected chi connectivity index (χ4v) is 4.54. The Morgan fingerprint density at radius 2 is 1.70 bits per heavy atom. The smallest absolute Gasteiger partial charge is 0.377 e. The van der Waals surface area contributed by atoms with Crippen LogP contribution in [0.25, 0.3) is 0 Å². The molecule has 0 saturated heterocycles. The Morgan fingerprint density at radius 3 is 2.25 bits per heavy atom. The molecule has 0 aromatic rings. The Kier molecular flexibility index (Phi) is 8.63. The molecule has 1 fully saturated rings. The molecule has 0 unspecified atom stereocenters. The third-order valence-corrected chi connectivity index (χ3v) is 6.91. The van der Waals surface area contributed by atoms with E-state index in [9.17, 15) is 0 Å². The Hall–Kier alpha value is -0.213. The Bertz CT molecular complexity index is 277. The highest BCUT2D eigenvalue weighted by molar-refractivity contribution is 7.80. The first kappa shape index (κ1) is 17.8. The molecule has 5 nitrogen and oxygen atoms in total. The first-order chi connectivity index (χ1) is 9.65. The minimum absolute atomic E-state index is 0.550. The van der Waals surface area contributed by atoms with Gasteiger partial charge in [-0.3, -0.25) is 0 Å². The minimum Gasteiger partial charge on any atom is -0.377 e. The molecule has 0 bridgehead atoms. The molecule has 0 heterocycles. The third kappa shape index (κ3) is 6.05. The van der Waals surface area contributed by atoms with Crippen LogP contribution in [0.4, 0.5) is 0 Å². The summed E-state index contributed by atoms with van der Waals surface area (Å²) in [6.07, 6.45) is 7.35. The maximum atomic E-state index is 5.38. The summed E-state index contributed by atoms with van der Waals surface area (Å²) in [5.74, 6) is 0. The summed E-state index contributed by atoms with van der Waals surface area (Å²) in [6.45, 7) is 0.809. The summed E-state index contributed by atoms with van der Waals surface area (Å²) in [5, 5.41) is 7.41. The van der Waals surface area contributed by atoms with Crippen molar-refractivity contribution in [1.82, 2.24) is 10.6 Å². The lowest BCUT2D eigenvalue weighted by molar-refractivity contribution is 0.123. The zero-order valence-corrected chi connectivity index (χ0v) is 14.7. The van der Waals surface area contributed by atoms with Crippen LogP contribution < -0.4 is 10.6 Å². The topological polar surface area (TPSA) is 51.8 Å². The van der Waals surface area contributed by atoms with Crippen molar-refractivity contribution in [1.29, 1.82) is 0 Å².